The van der Waals surface area contributed by atoms with Crippen molar-refractivity contribution in [3.8, 4) is 10.4 Å². The Hall–Kier alpha value is -1.23. The second-order valence-electron chi connectivity index (χ2n) is 5.13. The molecule has 2 nitrogen and oxygen atoms in total. The van der Waals surface area contributed by atoms with Crippen LogP contribution in [-0.2, 0) is 6.54 Å². The average molecular weight is 292 g/mol. The molecule has 0 aliphatic carbocycles. The standard InChI is InChI=1S/C16H21FN2S/c1-19(2)9-4-8-18-12-13-6-7-15(17)14(11-13)16-5-3-10-20-16/h3,5-7,10-11,18H,4,8-9,12H2,1-2H3. The monoisotopic (exact) mass is 292 g/mol. The molecule has 0 radical (unpaired) electrons. The highest BCUT2D eigenvalue weighted by atomic mass is 32.1. The lowest BCUT2D eigenvalue weighted by atomic mass is 10.1. The van der Waals surface area contributed by atoms with Crippen molar-refractivity contribution in [2.45, 2.75) is 13.0 Å². The zero-order valence-electron chi connectivity index (χ0n) is 12.0. The normalized spacial score (nSPS) is 11.2. The fourth-order valence-corrected chi connectivity index (χ4v) is 2.80. The van der Waals surface area contributed by atoms with Crippen LogP contribution in [0.25, 0.3) is 10.4 Å². The Morgan fingerprint density at radius 1 is 1.25 bits per heavy atom. The molecule has 20 heavy (non-hydrogen) atoms. The van der Waals surface area contributed by atoms with Crippen LogP contribution >= 0.6 is 11.3 Å². The molecule has 0 atom stereocenters. The quantitative estimate of drug-likeness (QED) is 0.785. The average Bonchev–Trinajstić information content (AvgIpc) is 2.93. The Kier molecular flexibility index (Phi) is 5.71. The highest BCUT2D eigenvalue weighted by molar-refractivity contribution is 7.13. The van der Waals surface area contributed by atoms with Gasteiger partial charge in [-0.25, -0.2) is 4.39 Å². The molecule has 0 saturated heterocycles. The van der Waals surface area contributed by atoms with Crippen molar-refractivity contribution >= 4 is 11.3 Å². The Labute approximate surface area is 124 Å². The summed E-state index contributed by atoms with van der Waals surface area (Å²) in [4.78, 5) is 3.16. The minimum Gasteiger partial charge on any atom is -0.313 e. The first kappa shape index (κ1) is 15.2. The second-order valence-corrected chi connectivity index (χ2v) is 6.07. The third-order valence-corrected chi connectivity index (χ3v) is 4.01. The first-order chi connectivity index (χ1) is 9.66. The lowest BCUT2D eigenvalue weighted by Gasteiger charge is -2.10. The maximum Gasteiger partial charge on any atom is 0.131 e. The van der Waals surface area contributed by atoms with E-state index < -0.39 is 0 Å². The third kappa shape index (κ3) is 4.40. The van der Waals surface area contributed by atoms with E-state index in [0.717, 1.165) is 36.5 Å². The lowest BCUT2D eigenvalue weighted by molar-refractivity contribution is 0.394. The van der Waals surface area contributed by atoms with Gasteiger partial charge in [-0.15, -0.1) is 11.3 Å². The molecule has 1 aromatic heterocycles. The van der Waals surface area contributed by atoms with Crippen LogP contribution in [0.4, 0.5) is 4.39 Å². The summed E-state index contributed by atoms with van der Waals surface area (Å²) in [7, 11) is 4.15. The number of thiophene rings is 1. The van der Waals surface area contributed by atoms with Crippen LogP contribution in [0.2, 0.25) is 0 Å². The molecule has 1 heterocycles. The van der Waals surface area contributed by atoms with Gasteiger partial charge in [-0.05, 0) is 62.7 Å². The molecule has 2 aromatic rings. The van der Waals surface area contributed by atoms with Gasteiger partial charge in [-0.3, -0.25) is 0 Å². The smallest absolute Gasteiger partial charge is 0.131 e. The molecule has 0 unspecified atom stereocenters. The van der Waals surface area contributed by atoms with Crippen LogP contribution < -0.4 is 5.32 Å². The molecule has 1 N–H and O–H groups in total. The number of halogens is 1. The van der Waals surface area contributed by atoms with Gasteiger partial charge >= 0.3 is 0 Å². The molecule has 4 heteroatoms. The molecule has 0 spiro atoms. The van der Waals surface area contributed by atoms with Crippen molar-refractivity contribution in [2.24, 2.45) is 0 Å². The molecule has 0 saturated carbocycles. The number of rotatable bonds is 7. The summed E-state index contributed by atoms with van der Waals surface area (Å²) in [5.74, 6) is -0.149. The van der Waals surface area contributed by atoms with Crippen LogP contribution in [0.3, 0.4) is 0 Å². The van der Waals surface area contributed by atoms with Gasteiger partial charge in [0.1, 0.15) is 5.82 Å². The van der Waals surface area contributed by atoms with E-state index in [2.05, 4.69) is 24.3 Å². The Morgan fingerprint density at radius 2 is 2.10 bits per heavy atom. The molecule has 0 fully saturated rings. The van der Waals surface area contributed by atoms with Gasteiger partial charge in [0, 0.05) is 17.0 Å². The number of hydrogen-bond acceptors (Lipinski definition) is 3. The van der Waals surface area contributed by atoms with Gasteiger partial charge < -0.3 is 10.2 Å². The van der Waals surface area contributed by atoms with E-state index >= 15 is 0 Å². The molecule has 0 bridgehead atoms. The molecule has 0 aliphatic heterocycles. The van der Waals surface area contributed by atoms with E-state index in [9.17, 15) is 4.39 Å². The number of benzene rings is 1. The largest absolute Gasteiger partial charge is 0.313 e. The van der Waals surface area contributed by atoms with Crippen LogP contribution in [0.15, 0.2) is 35.7 Å². The van der Waals surface area contributed by atoms with Gasteiger partial charge in [0.25, 0.3) is 0 Å². The number of nitrogens with one attached hydrogen (secondary N) is 1. The molecular weight excluding hydrogens is 271 g/mol. The summed E-state index contributed by atoms with van der Waals surface area (Å²) in [6.07, 6.45) is 1.12. The predicted octanol–water partition coefficient (Wildman–Crippen LogP) is 3.60. The molecule has 0 aliphatic rings. The number of nitrogens with zero attached hydrogens (tertiary/aromatic N) is 1. The molecular formula is C16H21FN2S. The fraction of sp³-hybridized carbons (Fsp3) is 0.375. The van der Waals surface area contributed by atoms with Gasteiger partial charge in [0.2, 0.25) is 0 Å². The van der Waals surface area contributed by atoms with E-state index in [1.807, 2.05) is 29.6 Å². The highest BCUT2D eigenvalue weighted by Gasteiger charge is 2.07. The highest BCUT2D eigenvalue weighted by Crippen LogP contribution is 2.28. The summed E-state index contributed by atoms with van der Waals surface area (Å²) in [5, 5.41) is 5.38. The van der Waals surface area contributed by atoms with Crippen molar-refractivity contribution in [1.82, 2.24) is 10.2 Å². The van der Waals surface area contributed by atoms with Crippen molar-refractivity contribution in [2.75, 3.05) is 27.2 Å². The van der Waals surface area contributed by atoms with Gasteiger partial charge in [-0.1, -0.05) is 12.1 Å². The predicted molar refractivity (Wildman–Crippen MR) is 84.6 cm³/mol. The summed E-state index contributed by atoms with van der Waals surface area (Å²) in [5.41, 5.74) is 1.83. The minimum absolute atomic E-state index is 0.149. The van der Waals surface area contributed by atoms with Gasteiger partial charge in [0.15, 0.2) is 0 Å². The van der Waals surface area contributed by atoms with Crippen LogP contribution in [0.1, 0.15) is 12.0 Å². The number of hydrogen-bond donors (Lipinski definition) is 1. The maximum absolute atomic E-state index is 13.8. The summed E-state index contributed by atoms with van der Waals surface area (Å²) >= 11 is 1.57. The van der Waals surface area contributed by atoms with Gasteiger partial charge in [0.05, 0.1) is 0 Å². The Morgan fingerprint density at radius 3 is 2.80 bits per heavy atom. The minimum atomic E-state index is -0.149. The zero-order valence-corrected chi connectivity index (χ0v) is 12.8. The first-order valence-corrected chi connectivity index (χ1v) is 7.72. The van der Waals surface area contributed by atoms with E-state index in [1.54, 1.807) is 17.4 Å². The van der Waals surface area contributed by atoms with Crippen molar-refractivity contribution in [3.63, 3.8) is 0 Å². The van der Waals surface area contributed by atoms with E-state index in [-0.39, 0.29) is 5.82 Å². The molecule has 1 aromatic carbocycles. The fourth-order valence-electron chi connectivity index (χ4n) is 2.06. The zero-order chi connectivity index (χ0) is 14.4. The van der Waals surface area contributed by atoms with Crippen molar-refractivity contribution in [1.29, 1.82) is 0 Å². The van der Waals surface area contributed by atoms with Crippen LogP contribution in [0.5, 0.6) is 0 Å². The lowest BCUT2D eigenvalue weighted by Crippen LogP contribution is -2.21. The summed E-state index contributed by atoms with van der Waals surface area (Å²) in [6.45, 7) is 2.84. The second kappa shape index (κ2) is 7.53. The molecule has 0 amide bonds. The van der Waals surface area contributed by atoms with E-state index in [0.29, 0.717) is 5.56 Å². The van der Waals surface area contributed by atoms with Gasteiger partial charge in [-0.2, -0.15) is 0 Å². The first-order valence-electron chi connectivity index (χ1n) is 6.84. The van der Waals surface area contributed by atoms with E-state index in [4.69, 9.17) is 0 Å². The summed E-state index contributed by atoms with van der Waals surface area (Å²) < 4.78 is 13.8. The maximum atomic E-state index is 13.8. The SMILES string of the molecule is CN(C)CCCNCc1ccc(F)c(-c2cccs2)c1. The third-order valence-electron chi connectivity index (χ3n) is 3.11. The van der Waals surface area contributed by atoms with Crippen LogP contribution in [0, 0.1) is 5.82 Å². The summed E-state index contributed by atoms with van der Waals surface area (Å²) in [6, 6.07) is 9.26. The van der Waals surface area contributed by atoms with E-state index in [1.165, 1.54) is 0 Å². The van der Waals surface area contributed by atoms with Crippen molar-refractivity contribution < 1.29 is 4.39 Å². The Balaban J connectivity index is 1.91. The molecule has 108 valence electrons. The Bertz CT molecular complexity index is 523. The molecule has 2 rings (SSSR count). The van der Waals surface area contributed by atoms with Crippen molar-refractivity contribution in [3.05, 3.63) is 47.1 Å². The van der Waals surface area contributed by atoms with Crippen LogP contribution in [-0.4, -0.2) is 32.1 Å². The topological polar surface area (TPSA) is 15.3 Å².